The molecule has 0 aliphatic heterocycles. The van der Waals surface area contributed by atoms with Gasteiger partial charge in [0.25, 0.3) is 0 Å². The van der Waals surface area contributed by atoms with Crippen molar-refractivity contribution < 1.29 is 9.50 Å². The second-order valence-corrected chi connectivity index (χ2v) is 6.41. The molecule has 0 saturated carbocycles. The van der Waals surface area contributed by atoms with Crippen LogP contribution in [0.25, 0.3) is 0 Å². The second-order valence-electron chi connectivity index (χ2n) is 5.29. The molecule has 0 spiro atoms. The van der Waals surface area contributed by atoms with E-state index in [1.807, 2.05) is 12.1 Å². The Morgan fingerprint density at radius 3 is 2.56 bits per heavy atom. The van der Waals surface area contributed by atoms with Gasteiger partial charge in [0.05, 0.1) is 6.20 Å². The fraction of sp³-hybridized carbons (Fsp3) is 0.357. The number of rotatable bonds is 2. The zero-order chi connectivity index (χ0) is 13.3. The van der Waals surface area contributed by atoms with Gasteiger partial charge in [-0.15, -0.1) is 11.3 Å². The topological polar surface area (TPSA) is 33.1 Å². The third-order valence-corrected chi connectivity index (χ3v) is 4.24. The van der Waals surface area contributed by atoms with Gasteiger partial charge in [0, 0.05) is 21.5 Å². The fourth-order valence-corrected chi connectivity index (χ4v) is 2.72. The van der Waals surface area contributed by atoms with Gasteiger partial charge in [-0.25, -0.2) is 4.39 Å². The third kappa shape index (κ3) is 2.76. The maximum absolute atomic E-state index is 13.1. The Kier molecular flexibility index (Phi) is 3.50. The number of aliphatic hydroxyl groups excluding tert-OH is 1. The van der Waals surface area contributed by atoms with E-state index >= 15 is 0 Å². The van der Waals surface area contributed by atoms with Crippen LogP contribution in [0.4, 0.5) is 4.39 Å². The lowest BCUT2D eigenvalue weighted by Crippen LogP contribution is -2.07. The van der Waals surface area contributed by atoms with Crippen molar-refractivity contribution in [2.24, 2.45) is 0 Å². The van der Waals surface area contributed by atoms with Crippen molar-refractivity contribution in [2.45, 2.75) is 32.3 Å². The molecule has 2 heterocycles. The van der Waals surface area contributed by atoms with Crippen LogP contribution in [0, 0.1) is 5.82 Å². The maximum Gasteiger partial charge on any atom is 0.141 e. The van der Waals surface area contributed by atoms with E-state index in [2.05, 4.69) is 25.8 Å². The standard InChI is InChI=1S/C14H16FNOS/c1-14(2,3)12-5-4-11(18-12)13(17)9-6-10(15)8-16-7-9/h4-8,13,17H,1-3H3. The van der Waals surface area contributed by atoms with E-state index in [1.165, 1.54) is 17.1 Å². The van der Waals surface area contributed by atoms with Crippen LogP contribution in [0.2, 0.25) is 0 Å². The molecule has 1 atom stereocenters. The molecule has 2 nitrogen and oxygen atoms in total. The molecule has 0 aromatic carbocycles. The van der Waals surface area contributed by atoms with Gasteiger partial charge in [-0.3, -0.25) is 4.98 Å². The Morgan fingerprint density at radius 1 is 1.28 bits per heavy atom. The molecule has 96 valence electrons. The number of halogens is 1. The summed E-state index contributed by atoms with van der Waals surface area (Å²) >= 11 is 1.55. The molecule has 0 amide bonds. The van der Waals surface area contributed by atoms with Gasteiger partial charge in [0.2, 0.25) is 0 Å². The Balaban J connectivity index is 2.29. The molecule has 0 saturated heterocycles. The lowest BCUT2D eigenvalue weighted by atomic mass is 9.95. The number of pyridine rings is 1. The second kappa shape index (κ2) is 4.78. The summed E-state index contributed by atoms with van der Waals surface area (Å²) in [6, 6.07) is 5.21. The van der Waals surface area contributed by atoms with Crippen LogP contribution in [-0.2, 0) is 5.41 Å². The highest BCUT2D eigenvalue weighted by molar-refractivity contribution is 7.12. The molecule has 0 fully saturated rings. The third-order valence-electron chi connectivity index (χ3n) is 2.68. The van der Waals surface area contributed by atoms with Crippen molar-refractivity contribution in [1.82, 2.24) is 4.98 Å². The van der Waals surface area contributed by atoms with Crippen molar-refractivity contribution in [2.75, 3.05) is 0 Å². The van der Waals surface area contributed by atoms with Crippen LogP contribution in [0.15, 0.2) is 30.6 Å². The Hall–Kier alpha value is -1.26. The van der Waals surface area contributed by atoms with Gasteiger partial charge in [-0.1, -0.05) is 20.8 Å². The number of hydrogen-bond donors (Lipinski definition) is 1. The van der Waals surface area contributed by atoms with Gasteiger partial charge in [0.15, 0.2) is 0 Å². The lowest BCUT2D eigenvalue weighted by Gasteiger charge is -2.15. The first kappa shape index (κ1) is 13.2. The van der Waals surface area contributed by atoms with Gasteiger partial charge < -0.3 is 5.11 Å². The fourth-order valence-electron chi connectivity index (χ4n) is 1.64. The molecular weight excluding hydrogens is 249 g/mol. The molecule has 2 aromatic heterocycles. The summed E-state index contributed by atoms with van der Waals surface area (Å²) < 4.78 is 13.1. The molecule has 18 heavy (non-hydrogen) atoms. The number of thiophene rings is 1. The van der Waals surface area contributed by atoms with Crippen LogP contribution in [0.5, 0.6) is 0 Å². The summed E-state index contributed by atoms with van der Waals surface area (Å²) in [7, 11) is 0. The van der Waals surface area contributed by atoms with E-state index in [4.69, 9.17) is 0 Å². The Bertz CT molecular complexity index is 545. The molecule has 2 aromatic rings. The predicted molar refractivity (Wildman–Crippen MR) is 71.3 cm³/mol. The molecule has 0 bridgehead atoms. The van der Waals surface area contributed by atoms with Crippen LogP contribution >= 0.6 is 11.3 Å². The van der Waals surface area contributed by atoms with Crippen molar-refractivity contribution in [3.63, 3.8) is 0 Å². The van der Waals surface area contributed by atoms with Gasteiger partial charge >= 0.3 is 0 Å². The highest BCUT2D eigenvalue weighted by atomic mass is 32.1. The summed E-state index contributed by atoms with van der Waals surface area (Å²) in [5.41, 5.74) is 0.542. The van der Waals surface area contributed by atoms with Crippen molar-refractivity contribution in [1.29, 1.82) is 0 Å². The first-order valence-electron chi connectivity index (χ1n) is 5.76. The summed E-state index contributed by atoms with van der Waals surface area (Å²) in [6.07, 6.45) is 1.81. The largest absolute Gasteiger partial charge is 0.383 e. The van der Waals surface area contributed by atoms with E-state index in [0.717, 1.165) is 11.1 Å². The number of hydrogen-bond acceptors (Lipinski definition) is 3. The Morgan fingerprint density at radius 2 is 2.00 bits per heavy atom. The molecule has 0 radical (unpaired) electrons. The normalized spacial score (nSPS) is 13.6. The van der Waals surface area contributed by atoms with Crippen LogP contribution in [0.3, 0.4) is 0 Å². The average molecular weight is 265 g/mol. The summed E-state index contributed by atoms with van der Waals surface area (Å²) in [5.74, 6) is -0.431. The monoisotopic (exact) mass is 265 g/mol. The summed E-state index contributed by atoms with van der Waals surface area (Å²) in [5, 5.41) is 10.2. The van der Waals surface area contributed by atoms with E-state index < -0.39 is 11.9 Å². The number of nitrogens with zero attached hydrogens (tertiary/aromatic N) is 1. The van der Waals surface area contributed by atoms with Gasteiger partial charge in [-0.2, -0.15) is 0 Å². The van der Waals surface area contributed by atoms with Gasteiger partial charge in [0.1, 0.15) is 11.9 Å². The molecule has 0 aliphatic rings. The SMILES string of the molecule is CC(C)(C)c1ccc(C(O)c2cncc(F)c2)s1. The van der Waals surface area contributed by atoms with E-state index in [-0.39, 0.29) is 5.41 Å². The zero-order valence-electron chi connectivity index (χ0n) is 10.6. The van der Waals surface area contributed by atoms with Gasteiger partial charge in [-0.05, 0) is 23.6 Å². The van der Waals surface area contributed by atoms with Crippen molar-refractivity contribution in [3.05, 3.63) is 51.7 Å². The van der Waals surface area contributed by atoms with Crippen LogP contribution < -0.4 is 0 Å². The smallest absolute Gasteiger partial charge is 0.141 e. The molecule has 0 aliphatic carbocycles. The predicted octanol–water partition coefficient (Wildman–Crippen LogP) is 3.66. The molecule has 2 rings (SSSR count). The van der Waals surface area contributed by atoms with Crippen molar-refractivity contribution in [3.8, 4) is 0 Å². The van der Waals surface area contributed by atoms with Crippen molar-refractivity contribution >= 4 is 11.3 Å². The quantitative estimate of drug-likeness (QED) is 0.899. The molecule has 1 N–H and O–H groups in total. The highest BCUT2D eigenvalue weighted by Crippen LogP contribution is 2.34. The minimum atomic E-state index is -0.811. The number of aromatic nitrogens is 1. The molecular formula is C14H16FNOS. The van der Waals surface area contributed by atoms with E-state index in [0.29, 0.717) is 5.56 Å². The summed E-state index contributed by atoms with van der Waals surface area (Å²) in [6.45, 7) is 6.37. The maximum atomic E-state index is 13.1. The highest BCUT2D eigenvalue weighted by Gasteiger charge is 2.19. The molecule has 1 unspecified atom stereocenters. The Labute approximate surface area is 110 Å². The average Bonchev–Trinajstić information content (AvgIpc) is 2.77. The van der Waals surface area contributed by atoms with Crippen LogP contribution in [-0.4, -0.2) is 10.1 Å². The minimum absolute atomic E-state index is 0.0584. The minimum Gasteiger partial charge on any atom is -0.383 e. The first-order valence-corrected chi connectivity index (χ1v) is 6.58. The van der Waals surface area contributed by atoms with E-state index in [1.54, 1.807) is 11.3 Å². The van der Waals surface area contributed by atoms with Crippen LogP contribution in [0.1, 0.15) is 42.2 Å². The number of aliphatic hydroxyl groups is 1. The zero-order valence-corrected chi connectivity index (χ0v) is 11.5. The summed E-state index contributed by atoms with van der Waals surface area (Å²) in [4.78, 5) is 5.76. The first-order chi connectivity index (χ1) is 8.38. The lowest BCUT2D eigenvalue weighted by molar-refractivity contribution is 0.223. The molecule has 4 heteroatoms. The van der Waals surface area contributed by atoms with E-state index in [9.17, 15) is 9.50 Å².